The van der Waals surface area contributed by atoms with Crippen LogP contribution in [0, 0.1) is 5.21 Å². The first-order chi connectivity index (χ1) is 6.86. The first-order valence-electron chi connectivity index (χ1n) is 3.67. The van der Waals surface area contributed by atoms with Crippen LogP contribution in [0.4, 0.5) is 13.2 Å². The molecule has 15 heavy (non-hydrogen) atoms. The monoisotopic (exact) mass is 221 g/mol. The van der Waals surface area contributed by atoms with Gasteiger partial charge >= 0.3 is 6.18 Å². The van der Waals surface area contributed by atoms with Crippen molar-refractivity contribution in [3.05, 3.63) is 34.8 Å². The number of hydrogen-bond donors (Lipinski definition) is 2. The molecule has 82 valence electrons. The van der Waals surface area contributed by atoms with Crippen LogP contribution in [-0.2, 0) is 6.18 Å². The Hall–Kier alpha value is -1.83. The molecule has 1 aromatic rings. The number of nitrogens with one attached hydrogen (secondary N) is 1. The smallest absolute Gasteiger partial charge is 0.478 e. The number of amides is 1. The third-order valence-corrected chi connectivity index (χ3v) is 1.60. The summed E-state index contributed by atoms with van der Waals surface area (Å²) in [6.45, 7) is 0. The van der Waals surface area contributed by atoms with Crippen molar-refractivity contribution in [2.75, 3.05) is 0 Å². The van der Waals surface area contributed by atoms with E-state index in [1.807, 2.05) is 0 Å². The van der Waals surface area contributed by atoms with Gasteiger partial charge in [-0.05, 0) is 0 Å². The van der Waals surface area contributed by atoms with Gasteiger partial charge in [0.1, 0.15) is 0 Å². The fraction of sp³-hybridized carbons (Fsp3) is 0.143. The molecular weight excluding hydrogens is 215 g/mol. The molecular formula is C7H6F3N3O2. The van der Waals surface area contributed by atoms with Crippen LogP contribution >= 0.6 is 0 Å². The zero-order valence-electron chi connectivity index (χ0n) is 7.21. The Bertz CT molecular complexity index is 392. The Morgan fingerprint density at radius 3 is 2.60 bits per heavy atom. The number of nitrogens with two attached hydrogens (primary N) is 1. The van der Waals surface area contributed by atoms with Gasteiger partial charge in [-0.25, -0.2) is 5.84 Å². The highest BCUT2D eigenvalue weighted by molar-refractivity contribution is 5.93. The molecule has 1 rings (SSSR count). The van der Waals surface area contributed by atoms with Crippen molar-refractivity contribution < 1.29 is 22.7 Å². The van der Waals surface area contributed by atoms with E-state index in [-0.39, 0.29) is 10.3 Å². The molecule has 0 radical (unpaired) electrons. The summed E-state index contributed by atoms with van der Waals surface area (Å²) in [6.07, 6.45) is -4.22. The van der Waals surface area contributed by atoms with Crippen molar-refractivity contribution in [3.8, 4) is 0 Å². The van der Waals surface area contributed by atoms with E-state index in [0.29, 0.717) is 12.3 Å². The lowest BCUT2D eigenvalue weighted by Gasteiger charge is -2.08. The van der Waals surface area contributed by atoms with Crippen LogP contribution in [0.5, 0.6) is 0 Å². The molecule has 0 aromatic carbocycles. The number of aromatic nitrogens is 1. The average Bonchev–Trinajstić information content (AvgIpc) is 2.15. The van der Waals surface area contributed by atoms with Crippen molar-refractivity contribution >= 4 is 5.91 Å². The van der Waals surface area contributed by atoms with E-state index in [2.05, 4.69) is 0 Å². The Labute approximate surface area is 81.9 Å². The molecule has 0 aliphatic heterocycles. The van der Waals surface area contributed by atoms with Crippen molar-refractivity contribution in [3.63, 3.8) is 0 Å². The van der Waals surface area contributed by atoms with E-state index in [1.165, 1.54) is 0 Å². The number of nitrogen functional groups attached to an aromatic ring is 1. The van der Waals surface area contributed by atoms with Crippen LogP contribution < -0.4 is 16.0 Å². The van der Waals surface area contributed by atoms with Crippen LogP contribution in [0.15, 0.2) is 18.3 Å². The van der Waals surface area contributed by atoms with Crippen molar-refractivity contribution in [1.82, 2.24) is 5.43 Å². The molecule has 8 heteroatoms. The summed E-state index contributed by atoms with van der Waals surface area (Å²) >= 11 is 0. The predicted octanol–water partition coefficient (Wildman–Crippen LogP) is -0.0577. The van der Waals surface area contributed by atoms with Crippen molar-refractivity contribution in [2.45, 2.75) is 6.18 Å². The maximum absolute atomic E-state index is 12.2. The second-order valence-corrected chi connectivity index (χ2v) is 2.60. The Kier molecular flexibility index (Phi) is 2.80. The molecule has 0 bridgehead atoms. The lowest BCUT2D eigenvalue weighted by molar-refractivity contribution is -0.629. The number of halogens is 3. The lowest BCUT2D eigenvalue weighted by Crippen LogP contribution is -2.38. The summed E-state index contributed by atoms with van der Waals surface area (Å²) < 4.78 is 36.3. The molecule has 1 aromatic heterocycles. The number of alkyl halides is 3. The fourth-order valence-electron chi connectivity index (χ4n) is 0.919. The van der Waals surface area contributed by atoms with E-state index in [0.717, 1.165) is 6.07 Å². The first kappa shape index (κ1) is 11.2. The molecule has 0 spiro atoms. The minimum absolute atomic E-state index is 0.336. The number of nitrogens with zero attached hydrogens (tertiary/aromatic N) is 1. The largest absolute Gasteiger partial charge is 0.618 e. The van der Waals surface area contributed by atoms with Crippen molar-refractivity contribution in [1.29, 1.82) is 0 Å². The van der Waals surface area contributed by atoms with Gasteiger partial charge in [-0.3, -0.25) is 10.2 Å². The summed E-state index contributed by atoms with van der Waals surface area (Å²) in [6, 6.07) is 1.36. The molecule has 1 heterocycles. The highest BCUT2D eigenvalue weighted by atomic mass is 19.4. The van der Waals surface area contributed by atoms with Gasteiger partial charge in [0.15, 0.2) is 6.20 Å². The Morgan fingerprint density at radius 2 is 2.13 bits per heavy atom. The van der Waals surface area contributed by atoms with Gasteiger partial charge in [0, 0.05) is 12.1 Å². The van der Waals surface area contributed by atoms with Gasteiger partial charge in [0.2, 0.25) is 0 Å². The topological polar surface area (TPSA) is 82.1 Å². The highest BCUT2D eigenvalue weighted by Crippen LogP contribution is 2.26. The molecule has 0 aliphatic rings. The van der Waals surface area contributed by atoms with Crippen molar-refractivity contribution in [2.24, 2.45) is 5.84 Å². The Balaban J connectivity index is 3.23. The van der Waals surface area contributed by atoms with E-state index in [9.17, 15) is 23.2 Å². The number of hydrazine groups is 1. The normalized spacial score (nSPS) is 11.2. The average molecular weight is 221 g/mol. The van der Waals surface area contributed by atoms with Crippen LogP contribution in [0.3, 0.4) is 0 Å². The molecule has 0 unspecified atom stereocenters. The van der Waals surface area contributed by atoms with E-state index in [1.54, 1.807) is 5.43 Å². The third-order valence-electron chi connectivity index (χ3n) is 1.60. The number of carbonyl (C=O) groups is 1. The fourth-order valence-corrected chi connectivity index (χ4v) is 0.919. The second-order valence-electron chi connectivity index (χ2n) is 2.60. The van der Waals surface area contributed by atoms with Gasteiger partial charge < -0.3 is 5.21 Å². The summed E-state index contributed by atoms with van der Waals surface area (Å²) in [5.74, 6) is 3.83. The number of carbonyl (C=O) groups excluding carboxylic acids is 1. The maximum atomic E-state index is 12.2. The third kappa shape index (κ3) is 2.34. The number of pyridine rings is 1. The molecule has 0 fully saturated rings. The highest BCUT2D eigenvalue weighted by Gasteiger charge is 2.40. The lowest BCUT2D eigenvalue weighted by atomic mass is 10.2. The molecule has 3 N–H and O–H groups in total. The van der Waals surface area contributed by atoms with Gasteiger partial charge in [0.25, 0.3) is 11.6 Å². The minimum Gasteiger partial charge on any atom is -0.618 e. The van der Waals surface area contributed by atoms with Crippen LogP contribution in [0.1, 0.15) is 16.1 Å². The van der Waals surface area contributed by atoms with Gasteiger partial charge in [-0.2, -0.15) is 17.9 Å². The van der Waals surface area contributed by atoms with Gasteiger partial charge in [-0.15, -0.1) is 0 Å². The van der Waals surface area contributed by atoms with E-state index < -0.39 is 17.8 Å². The van der Waals surface area contributed by atoms with E-state index >= 15 is 0 Å². The predicted molar refractivity (Wildman–Crippen MR) is 42.1 cm³/mol. The molecule has 0 saturated heterocycles. The Morgan fingerprint density at radius 1 is 1.53 bits per heavy atom. The molecule has 0 aliphatic carbocycles. The summed E-state index contributed by atoms with van der Waals surface area (Å²) in [5, 5.41) is 10.8. The standard InChI is InChI=1S/C7H6F3N3O2/c8-7(9,10)5-3-4(6(14)12-11)1-2-13(5)15/h1-3H,11H2,(H,12,14). The number of hydrogen-bond acceptors (Lipinski definition) is 3. The molecule has 1 amide bonds. The SMILES string of the molecule is NNC(=O)c1cc[n+]([O-])c(C(F)(F)F)c1. The summed E-state index contributed by atoms with van der Waals surface area (Å²) in [7, 11) is 0. The minimum atomic E-state index is -4.81. The maximum Gasteiger partial charge on any atom is 0.478 e. The zero-order valence-corrected chi connectivity index (χ0v) is 7.21. The zero-order chi connectivity index (χ0) is 11.6. The second kappa shape index (κ2) is 3.73. The van der Waals surface area contributed by atoms with Crippen LogP contribution in [0.2, 0.25) is 0 Å². The summed E-state index contributed by atoms with van der Waals surface area (Å²) in [4.78, 5) is 10.9. The first-order valence-corrected chi connectivity index (χ1v) is 3.67. The molecule has 5 nitrogen and oxygen atoms in total. The van der Waals surface area contributed by atoms with E-state index in [4.69, 9.17) is 5.84 Å². The quantitative estimate of drug-likeness (QED) is 0.229. The molecule has 0 atom stereocenters. The van der Waals surface area contributed by atoms with Gasteiger partial charge in [-0.1, -0.05) is 0 Å². The van der Waals surface area contributed by atoms with Crippen LogP contribution in [0.25, 0.3) is 0 Å². The number of rotatable bonds is 1. The molecule has 0 saturated carbocycles. The van der Waals surface area contributed by atoms with Crippen LogP contribution in [-0.4, -0.2) is 5.91 Å². The summed E-state index contributed by atoms with van der Waals surface area (Å²) in [5.41, 5.74) is -0.143. The van der Waals surface area contributed by atoms with Gasteiger partial charge in [0.05, 0.1) is 5.56 Å².